The summed E-state index contributed by atoms with van der Waals surface area (Å²) < 4.78 is 5.39. The Hall–Kier alpha value is -1.33. The molecule has 1 aliphatic heterocycles. The summed E-state index contributed by atoms with van der Waals surface area (Å²) >= 11 is 0. The Morgan fingerprint density at radius 2 is 2.39 bits per heavy atom. The second-order valence-electron chi connectivity index (χ2n) is 4.63. The van der Waals surface area contributed by atoms with Crippen LogP contribution in [0.3, 0.4) is 0 Å². The van der Waals surface area contributed by atoms with Gasteiger partial charge < -0.3 is 20.2 Å². The molecule has 0 bridgehead atoms. The third-order valence-electron chi connectivity index (χ3n) is 3.41. The molecule has 1 atom stereocenters. The molecular formula is C13H20N2O3. The summed E-state index contributed by atoms with van der Waals surface area (Å²) in [5.41, 5.74) is 5.46. The molecule has 1 fully saturated rings. The predicted molar refractivity (Wildman–Crippen MR) is 67.0 cm³/mol. The van der Waals surface area contributed by atoms with Gasteiger partial charge in [0.2, 0.25) is 0 Å². The number of hydrogen-bond donors (Lipinski definition) is 2. The lowest BCUT2D eigenvalue weighted by Gasteiger charge is -2.23. The van der Waals surface area contributed by atoms with Crippen LogP contribution in [0, 0.1) is 0 Å². The van der Waals surface area contributed by atoms with Gasteiger partial charge in [-0.25, -0.2) is 0 Å². The van der Waals surface area contributed by atoms with Crippen LogP contribution in [-0.2, 0) is 6.54 Å². The minimum absolute atomic E-state index is 0.0601. The first-order valence-electron chi connectivity index (χ1n) is 6.47. The van der Waals surface area contributed by atoms with Crippen molar-refractivity contribution in [1.29, 1.82) is 0 Å². The van der Waals surface area contributed by atoms with Gasteiger partial charge in [-0.3, -0.25) is 4.79 Å². The van der Waals surface area contributed by atoms with Crippen molar-refractivity contribution in [2.75, 3.05) is 13.2 Å². The maximum atomic E-state index is 12.3. The van der Waals surface area contributed by atoms with Gasteiger partial charge in [0.25, 0.3) is 5.91 Å². The Morgan fingerprint density at radius 3 is 3.06 bits per heavy atom. The molecule has 5 heteroatoms. The third-order valence-corrected chi connectivity index (χ3v) is 3.41. The number of nitrogens with zero attached hydrogens (tertiary/aromatic N) is 1. The monoisotopic (exact) mass is 252 g/mol. The SMILES string of the molecule is NCc1ccc(C(=O)N2CCCC2CCCO)o1. The first kappa shape index (κ1) is 13.1. The molecule has 0 saturated carbocycles. The summed E-state index contributed by atoms with van der Waals surface area (Å²) in [4.78, 5) is 14.1. The Kier molecular flexibility index (Phi) is 4.38. The number of carbonyl (C=O) groups excluding carboxylic acids is 1. The molecule has 1 saturated heterocycles. The van der Waals surface area contributed by atoms with E-state index in [0.29, 0.717) is 18.1 Å². The van der Waals surface area contributed by atoms with Crippen LogP contribution in [0.25, 0.3) is 0 Å². The van der Waals surface area contributed by atoms with Crippen LogP contribution in [0.4, 0.5) is 0 Å². The van der Waals surface area contributed by atoms with Crippen molar-refractivity contribution in [3.8, 4) is 0 Å². The smallest absolute Gasteiger partial charge is 0.289 e. The lowest BCUT2D eigenvalue weighted by Crippen LogP contribution is -2.35. The molecule has 1 aromatic rings. The Morgan fingerprint density at radius 1 is 1.56 bits per heavy atom. The van der Waals surface area contributed by atoms with Gasteiger partial charge in [0.05, 0.1) is 6.54 Å². The summed E-state index contributed by atoms with van der Waals surface area (Å²) in [6.07, 6.45) is 3.62. The van der Waals surface area contributed by atoms with Crippen molar-refractivity contribution >= 4 is 5.91 Å². The van der Waals surface area contributed by atoms with Gasteiger partial charge >= 0.3 is 0 Å². The number of carbonyl (C=O) groups is 1. The van der Waals surface area contributed by atoms with Gasteiger partial charge in [0.1, 0.15) is 5.76 Å². The Bertz CT molecular complexity index is 403. The van der Waals surface area contributed by atoms with Crippen LogP contribution in [0.1, 0.15) is 42.0 Å². The fourth-order valence-electron chi connectivity index (χ4n) is 2.47. The number of aliphatic hydroxyl groups is 1. The molecule has 1 unspecified atom stereocenters. The molecular weight excluding hydrogens is 232 g/mol. The van der Waals surface area contributed by atoms with Crippen LogP contribution in [-0.4, -0.2) is 35.1 Å². The van der Waals surface area contributed by atoms with Crippen LogP contribution in [0.5, 0.6) is 0 Å². The fraction of sp³-hybridized carbons (Fsp3) is 0.615. The highest BCUT2D eigenvalue weighted by Gasteiger charge is 2.30. The molecule has 5 nitrogen and oxygen atoms in total. The molecule has 100 valence electrons. The summed E-state index contributed by atoms with van der Waals surface area (Å²) in [5.74, 6) is 0.936. The van der Waals surface area contributed by atoms with Crippen LogP contribution >= 0.6 is 0 Å². The van der Waals surface area contributed by atoms with Crippen molar-refractivity contribution in [2.24, 2.45) is 5.73 Å². The summed E-state index contributed by atoms with van der Waals surface area (Å²) in [6.45, 7) is 1.26. The molecule has 0 spiro atoms. The van der Waals surface area contributed by atoms with E-state index < -0.39 is 0 Å². The number of furan rings is 1. The average Bonchev–Trinajstić information content (AvgIpc) is 3.04. The third kappa shape index (κ3) is 2.73. The molecule has 18 heavy (non-hydrogen) atoms. The molecule has 2 rings (SSSR count). The van der Waals surface area contributed by atoms with E-state index >= 15 is 0 Å². The fourth-order valence-corrected chi connectivity index (χ4v) is 2.47. The van der Waals surface area contributed by atoms with Gasteiger partial charge in [0.15, 0.2) is 5.76 Å². The maximum Gasteiger partial charge on any atom is 0.289 e. The van der Waals surface area contributed by atoms with E-state index in [1.54, 1.807) is 12.1 Å². The molecule has 2 heterocycles. The normalized spacial score (nSPS) is 19.4. The topological polar surface area (TPSA) is 79.7 Å². The lowest BCUT2D eigenvalue weighted by molar-refractivity contribution is 0.0690. The van der Waals surface area contributed by atoms with Gasteiger partial charge in [0, 0.05) is 19.2 Å². The second kappa shape index (κ2) is 6.02. The highest BCUT2D eigenvalue weighted by molar-refractivity contribution is 5.92. The van der Waals surface area contributed by atoms with E-state index in [1.165, 1.54) is 0 Å². The quantitative estimate of drug-likeness (QED) is 0.823. The molecule has 1 aliphatic rings. The Balaban J connectivity index is 2.02. The minimum Gasteiger partial charge on any atom is -0.455 e. The summed E-state index contributed by atoms with van der Waals surface area (Å²) in [6, 6.07) is 3.66. The summed E-state index contributed by atoms with van der Waals surface area (Å²) in [7, 11) is 0. The van der Waals surface area contributed by atoms with Crippen LogP contribution in [0.15, 0.2) is 16.5 Å². The van der Waals surface area contributed by atoms with Crippen molar-refractivity contribution in [2.45, 2.75) is 38.3 Å². The number of hydrogen-bond acceptors (Lipinski definition) is 4. The highest BCUT2D eigenvalue weighted by atomic mass is 16.4. The number of likely N-dealkylation sites (tertiary alicyclic amines) is 1. The Labute approximate surface area is 107 Å². The van der Waals surface area contributed by atoms with Gasteiger partial charge in [-0.1, -0.05) is 0 Å². The zero-order valence-electron chi connectivity index (χ0n) is 10.5. The molecule has 1 amide bonds. The first-order valence-corrected chi connectivity index (χ1v) is 6.47. The highest BCUT2D eigenvalue weighted by Crippen LogP contribution is 2.24. The van der Waals surface area contributed by atoms with Gasteiger partial charge in [-0.2, -0.15) is 0 Å². The van der Waals surface area contributed by atoms with E-state index in [0.717, 1.165) is 32.2 Å². The number of amides is 1. The largest absolute Gasteiger partial charge is 0.455 e. The molecule has 0 aliphatic carbocycles. The van der Waals surface area contributed by atoms with Crippen LogP contribution in [0.2, 0.25) is 0 Å². The minimum atomic E-state index is -0.0601. The van der Waals surface area contributed by atoms with Gasteiger partial charge in [-0.15, -0.1) is 0 Å². The standard InChI is InChI=1S/C13H20N2O3/c14-9-11-5-6-12(18-11)13(17)15-7-1-3-10(15)4-2-8-16/h5-6,10,16H,1-4,7-9,14H2. The van der Waals surface area contributed by atoms with E-state index in [-0.39, 0.29) is 18.6 Å². The van der Waals surface area contributed by atoms with Crippen molar-refractivity contribution in [3.63, 3.8) is 0 Å². The van der Waals surface area contributed by atoms with E-state index in [4.69, 9.17) is 15.3 Å². The van der Waals surface area contributed by atoms with E-state index in [2.05, 4.69) is 0 Å². The second-order valence-corrected chi connectivity index (χ2v) is 4.63. The maximum absolute atomic E-state index is 12.3. The molecule has 0 aromatic carbocycles. The number of nitrogens with two attached hydrogens (primary N) is 1. The van der Waals surface area contributed by atoms with E-state index in [1.807, 2.05) is 4.90 Å². The number of aliphatic hydroxyl groups excluding tert-OH is 1. The van der Waals surface area contributed by atoms with Crippen molar-refractivity contribution in [3.05, 3.63) is 23.7 Å². The molecule has 3 N–H and O–H groups in total. The molecule has 0 radical (unpaired) electrons. The zero-order valence-corrected chi connectivity index (χ0v) is 10.5. The van der Waals surface area contributed by atoms with Crippen LogP contribution < -0.4 is 5.73 Å². The van der Waals surface area contributed by atoms with E-state index in [9.17, 15) is 4.79 Å². The predicted octanol–water partition coefficient (Wildman–Crippen LogP) is 1.12. The molecule has 1 aromatic heterocycles. The zero-order chi connectivity index (χ0) is 13.0. The number of rotatable bonds is 5. The lowest BCUT2D eigenvalue weighted by atomic mass is 10.1. The first-order chi connectivity index (χ1) is 8.76. The van der Waals surface area contributed by atoms with Gasteiger partial charge in [-0.05, 0) is 37.8 Å². The summed E-state index contributed by atoms with van der Waals surface area (Å²) in [5, 5.41) is 8.87. The average molecular weight is 252 g/mol. The van der Waals surface area contributed by atoms with Crippen molar-refractivity contribution in [1.82, 2.24) is 4.90 Å². The van der Waals surface area contributed by atoms with Crippen molar-refractivity contribution < 1.29 is 14.3 Å².